The summed E-state index contributed by atoms with van der Waals surface area (Å²) < 4.78 is 5.26. The van der Waals surface area contributed by atoms with Gasteiger partial charge in [-0.15, -0.1) is 0 Å². The molecule has 0 radical (unpaired) electrons. The number of nitrogens with zero attached hydrogens (tertiary/aromatic N) is 2. The highest BCUT2D eigenvalue weighted by atomic mass is 16.5. The predicted molar refractivity (Wildman–Crippen MR) is 59.0 cm³/mol. The molecule has 1 rings (SSSR count). The number of hydrogen-bond acceptors (Lipinski definition) is 4. The van der Waals surface area contributed by atoms with Gasteiger partial charge in [-0.2, -0.15) is 10.4 Å². The molecule has 5 nitrogen and oxygen atoms in total. The lowest BCUT2D eigenvalue weighted by Gasteiger charge is -2.01. The molecule has 1 aromatic carbocycles. The average Bonchev–Trinajstić information content (AvgIpc) is 2.31. The zero-order valence-corrected chi connectivity index (χ0v) is 8.80. The molecule has 0 aliphatic heterocycles. The predicted octanol–water partition coefficient (Wildman–Crippen LogP) is 1.06. The molecule has 1 amide bonds. The lowest BCUT2D eigenvalue weighted by atomic mass is 10.2. The second kappa shape index (κ2) is 6.19. The van der Waals surface area contributed by atoms with Crippen LogP contribution in [0.5, 0.6) is 5.75 Å². The highest BCUT2D eigenvalue weighted by Crippen LogP contribution is 2.10. The Morgan fingerprint density at radius 3 is 2.81 bits per heavy atom. The molecule has 0 aliphatic carbocycles. The molecule has 0 fully saturated rings. The van der Waals surface area contributed by atoms with E-state index in [0.717, 1.165) is 11.3 Å². The lowest BCUT2D eigenvalue weighted by molar-refractivity contribution is -0.115. The van der Waals surface area contributed by atoms with Gasteiger partial charge in [0.2, 0.25) is 0 Å². The number of hydrogen-bond donors (Lipinski definition) is 1. The summed E-state index contributed by atoms with van der Waals surface area (Å²) in [7, 11) is 0. The van der Waals surface area contributed by atoms with Crippen LogP contribution in [0.15, 0.2) is 29.4 Å². The minimum atomic E-state index is -0.790. The van der Waals surface area contributed by atoms with Gasteiger partial charge in [-0.05, 0) is 36.8 Å². The number of nitrogens with one attached hydrogen (secondary N) is 1. The van der Waals surface area contributed by atoms with Crippen molar-refractivity contribution < 1.29 is 9.53 Å². The molecule has 0 spiro atoms. The van der Waals surface area contributed by atoms with E-state index >= 15 is 0 Å². The van der Waals surface area contributed by atoms with Crippen LogP contribution in [0.1, 0.15) is 12.5 Å². The van der Waals surface area contributed by atoms with Crippen molar-refractivity contribution in [3.63, 3.8) is 0 Å². The van der Waals surface area contributed by atoms with E-state index in [1.165, 1.54) is 12.3 Å². The Kier molecular flexibility index (Phi) is 4.54. The Labute approximate surface area is 93.3 Å². The van der Waals surface area contributed by atoms with Crippen molar-refractivity contribution >= 4 is 12.1 Å². The zero-order chi connectivity index (χ0) is 11.8. The molecule has 16 heavy (non-hydrogen) atoms. The number of ether oxygens (including phenoxy) is 1. The average molecular weight is 217 g/mol. The zero-order valence-electron chi connectivity index (χ0n) is 8.80. The molecular formula is C11H11N3O2. The molecule has 0 aromatic heterocycles. The first-order valence-electron chi connectivity index (χ1n) is 4.72. The fourth-order valence-corrected chi connectivity index (χ4v) is 1.01. The van der Waals surface area contributed by atoms with Gasteiger partial charge in [0.15, 0.2) is 6.07 Å². The minimum Gasteiger partial charge on any atom is -0.494 e. The lowest BCUT2D eigenvalue weighted by Crippen LogP contribution is -2.14. The standard InChI is InChI=1S/C11H11N3O2/c1-2-16-10-5-3-9(4-6-10)8-13-14-11(15)7-12/h3-6,8H,2H2,1H3,(H,14,15)/b13-8-. The number of rotatable bonds is 4. The van der Waals surface area contributed by atoms with E-state index < -0.39 is 5.91 Å². The number of amides is 1. The van der Waals surface area contributed by atoms with Gasteiger partial charge in [0.25, 0.3) is 0 Å². The van der Waals surface area contributed by atoms with Crippen molar-refractivity contribution in [2.24, 2.45) is 5.10 Å². The maximum absolute atomic E-state index is 10.5. The van der Waals surface area contributed by atoms with Gasteiger partial charge < -0.3 is 4.74 Å². The van der Waals surface area contributed by atoms with E-state index in [0.29, 0.717) is 6.61 Å². The maximum Gasteiger partial charge on any atom is 0.342 e. The van der Waals surface area contributed by atoms with Gasteiger partial charge in [0, 0.05) is 0 Å². The van der Waals surface area contributed by atoms with Crippen molar-refractivity contribution in [1.82, 2.24) is 5.43 Å². The first-order valence-corrected chi connectivity index (χ1v) is 4.72. The Hall–Kier alpha value is -2.35. The molecule has 0 atom stereocenters. The van der Waals surface area contributed by atoms with Crippen LogP contribution in [-0.2, 0) is 4.79 Å². The number of carbonyl (C=O) groups excluding carboxylic acids is 1. The molecule has 82 valence electrons. The van der Waals surface area contributed by atoms with Gasteiger partial charge in [-0.1, -0.05) is 0 Å². The van der Waals surface area contributed by atoms with Gasteiger partial charge in [-0.25, -0.2) is 5.43 Å². The number of nitriles is 1. The third-order valence-electron chi connectivity index (χ3n) is 1.67. The second-order valence-electron chi connectivity index (χ2n) is 2.81. The van der Waals surface area contributed by atoms with Crippen LogP contribution in [0.3, 0.4) is 0 Å². The molecule has 1 aromatic rings. The highest BCUT2D eigenvalue weighted by molar-refractivity contribution is 5.92. The first-order chi connectivity index (χ1) is 7.76. The van der Waals surface area contributed by atoms with E-state index in [2.05, 4.69) is 10.5 Å². The van der Waals surface area contributed by atoms with Crippen molar-refractivity contribution in [3.05, 3.63) is 29.8 Å². The summed E-state index contributed by atoms with van der Waals surface area (Å²) in [4.78, 5) is 10.5. The van der Waals surface area contributed by atoms with Crippen LogP contribution >= 0.6 is 0 Å². The summed E-state index contributed by atoms with van der Waals surface area (Å²) in [5.41, 5.74) is 2.87. The summed E-state index contributed by atoms with van der Waals surface area (Å²) in [5.74, 6) is -0.0112. The molecule has 5 heteroatoms. The Morgan fingerprint density at radius 2 is 2.25 bits per heavy atom. The molecule has 0 bridgehead atoms. The van der Waals surface area contributed by atoms with E-state index in [1.807, 2.05) is 6.92 Å². The smallest absolute Gasteiger partial charge is 0.342 e. The number of benzene rings is 1. The largest absolute Gasteiger partial charge is 0.494 e. The third-order valence-corrected chi connectivity index (χ3v) is 1.67. The third kappa shape index (κ3) is 3.80. The van der Waals surface area contributed by atoms with Crippen LogP contribution in [0.25, 0.3) is 0 Å². The Morgan fingerprint density at radius 1 is 1.56 bits per heavy atom. The van der Waals surface area contributed by atoms with Crippen molar-refractivity contribution in [2.45, 2.75) is 6.92 Å². The fourth-order valence-electron chi connectivity index (χ4n) is 1.01. The van der Waals surface area contributed by atoms with Crippen molar-refractivity contribution in [2.75, 3.05) is 6.61 Å². The number of hydrazone groups is 1. The van der Waals surface area contributed by atoms with Crippen LogP contribution < -0.4 is 10.2 Å². The normalized spacial score (nSPS) is 9.75. The summed E-state index contributed by atoms with van der Waals surface area (Å²) in [6, 6.07) is 8.60. The molecule has 0 saturated heterocycles. The molecule has 0 unspecified atom stereocenters. The van der Waals surface area contributed by atoms with Crippen molar-refractivity contribution in [3.8, 4) is 11.8 Å². The minimum absolute atomic E-state index is 0.617. The van der Waals surface area contributed by atoms with Crippen LogP contribution in [0.2, 0.25) is 0 Å². The topological polar surface area (TPSA) is 74.5 Å². The number of carbonyl (C=O) groups is 1. The summed E-state index contributed by atoms with van der Waals surface area (Å²) in [6.45, 7) is 2.53. The van der Waals surface area contributed by atoms with Crippen LogP contribution in [0, 0.1) is 11.3 Å². The van der Waals surface area contributed by atoms with E-state index in [9.17, 15) is 4.79 Å². The Balaban J connectivity index is 2.55. The molecule has 1 N–H and O–H groups in total. The van der Waals surface area contributed by atoms with Gasteiger partial charge in [0.1, 0.15) is 5.75 Å². The molecule has 0 aliphatic rings. The van der Waals surface area contributed by atoms with E-state index in [4.69, 9.17) is 10.00 Å². The van der Waals surface area contributed by atoms with Crippen LogP contribution in [0.4, 0.5) is 0 Å². The van der Waals surface area contributed by atoms with E-state index in [-0.39, 0.29) is 0 Å². The van der Waals surface area contributed by atoms with Gasteiger partial charge >= 0.3 is 5.91 Å². The van der Waals surface area contributed by atoms with Gasteiger partial charge in [-0.3, -0.25) is 4.79 Å². The quantitative estimate of drug-likeness (QED) is 0.465. The summed E-state index contributed by atoms with van der Waals surface area (Å²) in [6.07, 6.45) is 1.45. The van der Waals surface area contributed by atoms with Gasteiger partial charge in [0.05, 0.1) is 12.8 Å². The SMILES string of the molecule is CCOc1ccc(/C=N\NC(=O)C#N)cc1. The first kappa shape index (κ1) is 11.7. The summed E-state index contributed by atoms with van der Waals surface area (Å²) >= 11 is 0. The molecular weight excluding hydrogens is 206 g/mol. The van der Waals surface area contributed by atoms with Crippen molar-refractivity contribution in [1.29, 1.82) is 5.26 Å². The molecule has 0 heterocycles. The maximum atomic E-state index is 10.5. The second-order valence-corrected chi connectivity index (χ2v) is 2.81. The Bertz CT molecular complexity index is 418. The fraction of sp³-hybridized carbons (Fsp3) is 0.182. The summed E-state index contributed by atoms with van der Waals surface area (Å²) in [5, 5.41) is 11.8. The molecule has 0 saturated carbocycles. The van der Waals surface area contributed by atoms with Crippen LogP contribution in [-0.4, -0.2) is 18.7 Å². The highest BCUT2D eigenvalue weighted by Gasteiger charge is 1.93. The van der Waals surface area contributed by atoms with E-state index in [1.54, 1.807) is 24.3 Å². The monoisotopic (exact) mass is 217 g/mol.